The van der Waals surface area contributed by atoms with Crippen molar-refractivity contribution in [3.63, 3.8) is 0 Å². The number of unbranched alkanes of at least 4 members (excludes halogenated alkanes) is 1. The third-order valence-electron chi connectivity index (χ3n) is 4.95. The number of carbonyl (C=O) groups is 4. The van der Waals surface area contributed by atoms with E-state index in [9.17, 15) is 19.2 Å². The van der Waals surface area contributed by atoms with E-state index in [1.165, 1.54) is 12.5 Å². The Hall–Kier alpha value is -4.38. The molecule has 0 heterocycles. The van der Waals surface area contributed by atoms with E-state index in [2.05, 4.69) is 17.4 Å². The van der Waals surface area contributed by atoms with Gasteiger partial charge in [-0.15, -0.1) is 0 Å². The number of carbonyl (C=O) groups excluding carboxylic acids is 2. The molecule has 1 atom stereocenters. The zero-order chi connectivity index (χ0) is 30.2. The molecule has 40 heavy (non-hydrogen) atoms. The number of nitrogens with two attached hydrogens (primary N) is 3. The number of hydrogen-bond acceptors (Lipinski definition) is 7. The minimum Gasteiger partial charge on any atom is -0.480 e. The first-order valence-electron chi connectivity index (χ1n) is 12.7. The van der Waals surface area contributed by atoms with Crippen LogP contribution in [-0.2, 0) is 16.0 Å². The number of rotatable bonds is 10. The van der Waals surface area contributed by atoms with Gasteiger partial charge < -0.3 is 32.7 Å². The Labute approximate surface area is 235 Å². The van der Waals surface area contributed by atoms with Gasteiger partial charge in [0.2, 0.25) is 5.91 Å². The van der Waals surface area contributed by atoms with E-state index < -0.39 is 18.0 Å². The molecule has 3 aromatic rings. The van der Waals surface area contributed by atoms with Crippen molar-refractivity contribution in [2.45, 2.75) is 38.6 Å². The van der Waals surface area contributed by atoms with E-state index >= 15 is 0 Å². The Morgan fingerprint density at radius 2 is 1.38 bits per heavy atom. The van der Waals surface area contributed by atoms with Gasteiger partial charge in [0.15, 0.2) is 0 Å². The number of carboxylic acid groups (broad SMARTS) is 2. The minimum atomic E-state index is -0.933. The highest BCUT2D eigenvalue weighted by Gasteiger charge is 2.09. The molecule has 9 N–H and O–H groups in total. The van der Waals surface area contributed by atoms with Crippen molar-refractivity contribution < 1.29 is 29.4 Å². The van der Waals surface area contributed by atoms with Crippen LogP contribution >= 0.6 is 0 Å². The number of carboxylic acids is 2. The van der Waals surface area contributed by atoms with E-state index in [0.29, 0.717) is 29.8 Å². The third-order valence-corrected chi connectivity index (χ3v) is 4.95. The fourth-order valence-corrected chi connectivity index (χ4v) is 2.87. The van der Waals surface area contributed by atoms with Gasteiger partial charge >= 0.3 is 11.9 Å². The molecule has 0 fully saturated rings. The highest BCUT2D eigenvalue weighted by molar-refractivity contribution is 5.89. The molecular formula is C30H40N4O6. The van der Waals surface area contributed by atoms with Crippen molar-refractivity contribution in [1.29, 1.82) is 0 Å². The highest BCUT2D eigenvalue weighted by Crippen LogP contribution is 2.07. The monoisotopic (exact) mass is 552 g/mol. The Morgan fingerprint density at radius 3 is 1.77 bits per heavy atom. The summed E-state index contributed by atoms with van der Waals surface area (Å²) in [5, 5.41) is 19.3. The van der Waals surface area contributed by atoms with Gasteiger partial charge in [-0.25, -0.2) is 4.79 Å². The van der Waals surface area contributed by atoms with Crippen molar-refractivity contribution in [2.24, 2.45) is 17.2 Å². The molecule has 0 aromatic heterocycles. The van der Waals surface area contributed by atoms with Crippen LogP contribution in [0.4, 0.5) is 5.69 Å². The Kier molecular flexibility index (Phi) is 20.1. The van der Waals surface area contributed by atoms with Crippen molar-refractivity contribution in [1.82, 2.24) is 0 Å². The average Bonchev–Trinajstić information content (AvgIpc) is 2.95. The molecule has 3 aromatic carbocycles. The van der Waals surface area contributed by atoms with E-state index in [-0.39, 0.29) is 5.91 Å². The van der Waals surface area contributed by atoms with Crippen molar-refractivity contribution >= 4 is 29.8 Å². The lowest BCUT2D eigenvalue weighted by Crippen LogP contribution is -2.29. The third kappa shape index (κ3) is 18.8. The minimum absolute atomic E-state index is 0.117. The van der Waals surface area contributed by atoms with Gasteiger partial charge in [0.1, 0.15) is 12.3 Å². The Morgan fingerprint density at radius 1 is 0.825 bits per heavy atom. The summed E-state index contributed by atoms with van der Waals surface area (Å²) in [6, 6.07) is 24.5. The number of hydrogen-bond donors (Lipinski definition) is 6. The van der Waals surface area contributed by atoms with Crippen LogP contribution in [0.15, 0.2) is 84.9 Å². The van der Waals surface area contributed by atoms with E-state index in [4.69, 9.17) is 27.4 Å². The van der Waals surface area contributed by atoms with E-state index in [1.54, 1.807) is 54.6 Å². The van der Waals surface area contributed by atoms with Crippen LogP contribution in [0.25, 0.3) is 0 Å². The molecule has 0 saturated carbocycles. The quantitative estimate of drug-likeness (QED) is 0.161. The van der Waals surface area contributed by atoms with Gasteiger partial charge in [0, 0.05) is 18.2 Å². The first kappa shape index (κ1) is 35.6. The van der Waals surface area contributed by atoms with Gasteiger partial charge in [-0.3, -0.25) is 14.4 Å². The number of nitrogens with one attached hydrogen (secondary N) is 1. The van der Waals surface area contributed by atoms with Gasteiger partial charge in [0.05, 0.1) is 5.56 Å². The van der Waals surface area contributed by atoms with Crippen LogP contribution in [0, 0.1) is 0 Å². The predicted octanol–water partition coefficient (Wildman–Crippen LogP) is 3.56. The van der Waals surface area contributed by atoms with Crippen LogP contribution < -0.4 is 22.5 Å². The SMILES string of the molecule is CC(=O)Nc1ccc(C=O)cc1.NCCCC[C@H](N)C(=O)O.NCCc1ccccc1.O=C(O)c1ccccc1. The molecule has 0 bridgehead atoms. The van der Waals surface area contributed by atoms with Gasteiger partial charge in [0.25, 0.3) is 0 Å². The summed E-state index contributed by atoms with van der Waals surface area (Å²) in [5.74, 6) is -1.93. The summed E-state index contributed by atoms with van der Waals surface area (Å²) < 4.78 is 0. The number of aldehydes is 1. The largest absolute Gasteiger partial charge is 0.480 e. The molecule has 1 amide bonds. The average molecular weight is 553 g/mol. The standard InChI is InChI=1S/C9H9NO2.C8H11N.C7H6O2.C6H14N2O2/c1-7(12)10-9-4-2-8(6-11)3-5-9;9-7-6-8-4-2-1-3-5-8;8-7(9)6-4-2-1-3-5-6;7-4-2-1-3-5(8)6(9)10/h2-6H,1H3,(H,10,12);1-5H,6-7,9H2;1-5H,(H,8,9);5H,1-4,7-8H2,(H,9,10)/t;;;5-/m...0/s1. The van der Waals surface area contributed by atoms with Gasteiger partial charge in [-0.2, -0.15) is 0 Å². The maximum Gasteiger partial charge on any atom is 0.335 e. The fourth-order valence-electron chi connectivity index (χ4n) is 2.87. The van der Waals surface area contributed by atoms with E-state index in [0.717, 1.165) is 32.1 Å². The maximum absolute atomic E-state index is 10.6. The molecule has 0 unspecified atom stereocenters. The zero-order valence-corrected chi connectivity index (χ0v) is 22.7. The lowest BCUT2D eigenvalue weighted by molar-refractivity contribution is -0.138. The summed E-state index contributed by atoms with van der Waals surface area (Å²) in [6.45, 7) is 2.78. The number of amides is 1. The molecule has 216 valence electrons. The van der Waals surface area contributed by atoms with Gasteiger partial charge in [-0.1, -0.05) is 55.0 Å². The first-order valence-corrected chi connectivity index (χ1v) is 12.7. The van der Waals surface area contributed by atoms with Crippen LogP contribution in [0.2, 0.25) is 0 Å². The van der Waals surface area contributed by atoms with Crippen molar-refractivity contribution in [3.8, 4) is 0 Å². The molecule has 10 nitrogen and oxygen atoms in total. The second-order valence-corrected chi connectivity index (χ2v) is 8.35. The molecule has 0 aliphatic rings. The van der Waals surface area contributed by atoms with Crippen LogP contribution in [0.1, 0.15) is 52.5 Å². The fraction of sp³-hybridized carbons (Fsp3) is 0.267. The normalized spacial score (nSPS) is 10.1. The lowest BCUT2D eigenvalue weighted by atomic mass is 10.1. The van der Waals surface area contributed by atoms with Crippen LogP contribution in [0.3, 0.4) is 0 Å². The summed E-state index contributed by atoms with van der Waals surface area (Å²) in [7, 11) is 0. The van der Waals surface area contributed by atoms with Crippen molar-refractivity contribution in [2.75, 3.05) is 18.4 Å². The number of benzene rings is 3. The second-order valence-electron chi connectivity index (χ2n) is 8.35. The number of anilines is 1. The Bertz CT molecular complexity index is 1110. The predicted molar refractivity (Wildman–Crippen MR) is 157 cm³/mol. The number of aromatic carboxylic acids is 1. The molecule has 0 aliphatic heterocycles. The van der Waals surface area contributed by atoms with Crippen LogP contribution in [0.5, 0.6) is 0 Å². The summed E-state index contributed by atoms with van der Waals surface area (Å²) in [4.78, 5) is 41.2. The van der Waals surface area contributed by atoms with Gasteiger partial charge in [-0.05, 0) is 74.3 Å². The topological polar surface area (TPSA) is 199 Å². The lowest BCUT2D eigenvalue weighted by Gasteiger charge is -2.03. The molecular weight excluding hydrogens is 512 g/mol. The zero-order valence-electron chi connectivity index (χ0n) is 22.7. The molecule has 0 aliphatic carbocycles. The second kappa shape index (κ2) is 22.6. The summed E-state index contributed by atoms with van der Waals surface area (Å²) in [5.41, 5.74) is 18.7. The van der Waals surface area contributed by atoms with Crippen LogP contribution in [-0.4, -0.2) is 53.5 Å². The first-order chi connectivity index (χ1) is 19.1. The highest BCUT2D eigenvalue weighted by atomic mass is 16.4. The molecule has 0 saturated heterocycles. The maximum atomic E-state index is 10.6. The van der Waals surface area contributed by atoms with Crippen molar-refractivity contribution in [3.05, 3.63) is 102 Å². The summed E-state index contributed by atoms with van der Waals surface area (Å²) >= 11 is 0. The molecule has 3 rings (SSSR count). The smallest absolute Gasteiger partial charge is 0.335 e. The Balaban J connectivity index is 0.000000511. The molecule has 0 spiro atoms. The summed E-state index contributed by atoms with van der Waals surface area (Å²) in [6.07, 6.45) is 3.91. The van der Waals surface area contributed by atoms with E-state index in [1.807, 2.05) is 18.2 Å². The molecule has 10 heteroatoms. The molecule has 0 radical (unpaired) electrons. The number of aliphatic carboxylic acids is 1.